The highest BCUT2D eigenvalue weighted by Gasteiger charge is 2.25. The van der Waals surface area contributed by atoms with E-state index in [4.69, 9.17) is 19.0 Å². The Bertz CT molecular complexity index is 629. The van der Waals surface area contributed by atoms with Crippen LogP contribution in [0, 0.1) is 0 Å². The molecule has 0 bridgehead atoms. The summed E-state index contributed by atoms with van der Waals surface area (Å²) in [6.07, 6.45) is 23.9. The highest BCUT2D eigenvalue weighted by molar-refractivity contribution is 7.47. The Morgan fingerprint density at radius 3 is 1.52 bits per heavy atom. The SMILES string of the molecule is CCCCCCCCCCCCCCCCCCCCCC(=O)OCC(COP(=O)(O)OCC[N+](C)(C)C)OO. The monoisotopic (exact) mass is 596 g/mol. The molecule has 0 radical (unpaired) electrons. The van der Waals surface area contributed by atoms with Gasteiger partial charge in [-0.1, -0.05) is 122 Å². The second kappa shape index (κ2) is 26.1. The van der Waals surface area contributed by atoms with Crippen LogP contribution in [0.25, 0.3) is 0 Å². The van der Waals surface area contributed by atoms with Crippen molar-refractivity contribution in [1.29, 1.82) is 0 Å². The molecule has 2 atom stereocenters. The summed E-state index contributed by atoms with van der Waals surface area (Å²) in [4.78, 5) is 25.9. The summed E-state index contributed by atoms with van der Waals surface area (Å²) in [5.74, 6) is -0.389. The minimum Gasteiger partial charge on any atom is -0.463 e. The number of phosphoric acid groups is 1. The van der Waals surface area contributed by atoms with Gasteiger partial charge in [-0.05, 0) is 6.42 Å². The van der Waals surface area contributed by atoms with E-state index in [9.17, 15) is 14.3 Å². The number of hydrogen-bond donors (Lipinski definition) is 2. The molecule has 0 rings (SSSR count). The van der Waals surface area contributed by atoms with Gasteiger partial charge in [0.2, 0.25) is 0 Å². The van der Waals surface area contributed by atoms with E-state index in [2.05, 4.69) is 11.8 Å². The van der Waals surface area contributed by atoms with Crippen LogP contribution in [0.5, 0.6) is 0 Å². The van der Waals surface area contributed by atoms with E-state index in [1.807, 2.05) is 21.1 Å². The van der Waals surface area contributed by atoms with Gasteiger partial charge >= 0.3 is 13.8 Å². The quantitative estimate of drug-likeness (QED) is 0.0214. The van der Waals surface area contributed by atoms with Crippen molar-refractivity contribution in [1.82, 2.24) is 0 Å². The van der Waals surface area contributed by atoms with Crippen molar-refractivity contribution in [2.24, 2.45) is 0 Å². The number of hydrogen-bond acceptors (Lipinski definition) is 7. The molecule has 0 saturated carbocycles. The van der Waals surface area contributed by atoms with Gasteiger partial charge in [0, 0.05) is 6.42 Å². The number of ether oxygens (including phenoxy) is 1. The fourth-order valence-corrected chi connectivity index (χ4v) is 5.10. The molecule has 0 aromatic heterocycles. The Balaban J connectivity index is 3.55. The zero-order valence-electron chi connectivity index (χ0n) is 26.3. The Morgan fingerprint density at radius 2 is 1.12 bits per heavy atom. The lowest BCUT2D eigenvalue weighted by atomic mass is 10.0. The molecule has 0 fully saturated rings. The van der Waals surface area contributed by atoms with Crippen molar-refractivity contribution < 1.29 is 42.7 Å². The third-order valence-electron chi connectivity index (χ3n) is 7.00. The number of likely N-dealkylation sites (N-methyl/N-ethyl adjacent to an activating group) is 1. The summed E-state index contributed by atoms with van der Waals surface area (Å²) in [6.45, 7) is 2.11. The smallest absolute Gasteiger partial charge is 0.463 e. The van der Waals surface area contributed by atoms with Crippen molar-refractivity contribution in [2.45, 2.75) is 141 Å². The Hall–Kier alpha value is -0.540. The fourth-order valence-electron chi connectivity index (χ4n) is 4.36. The molecule has 2 N–H and O–H groups in total. The maximum Gasteiger partial charge on any atom is 0.472 e. The Morgan fingerprint density at radius 1 is 0.700 bits per heavy atom. The first kappa shape index (κ1) is 39.5. The third kappa shape index (κ3) is 29.0. The number of carbonyl (C=O) groups excluding carboxylic acids is 1. The van der Waals surface area contributed by atoms with E-state index in [1.165, 1.54) is 103 Å². The van der Waals surface area contributed by atoms with Gasteiger partial charge in [-0.3, -0.25) is 19.1 Å². The normalized spacial score (nSPS) is 14.2. The van der Waals surface area contributed by atoms with Crippen LogP contribution in [0.2, 0.25) is 0 Å². The lowest BCUT2D eigenvalue weighted by Gasteiger charge is -2.24. The van der Waals surface area contributed by atoms with Gasteiger partial charge in [-0.2, -0.15) is 0 Å². The average molecular weight is 597 g/mol. The van der Waals surface area contributed by atoms with Crippen LogP contribution in [-0.2, 0) is 28.0 Å². The number of phosphoric ester groups is 1. The number of rotatable bonds is 30. The summed E-state index contributed by atoms with van der Waals surface area (Å²) in [7, 11) is 1.50. The molecule has 10 heteroatoms. The Kier molecular flexibility index (Phi) is 25.8. The second-order valence-corrected chi connectivity index (χ2v) is 13.6. The number of carbonyl (C=O) groups is 1. The van der Waals surface area contributed by atoms with Crippen LogP contribution >= 0.6 is 7.82 Å². The van der Waals surface area contributed by atoms with Crippen LogP contribution in [0.4, 0.5) is 0 Å². The van der Waals surface area contributed by atoms with Crippen molar-refractivity contribution in [3.8, 4) is 0 Å². The van der Waals surface area contributed by atoms with E-state index in [0.29, 0.717) is 17.4 Å². The molecule has 0 heterocycles. The average Bonchev–Trinajstić information content (AvgIpc) is 2.89. The maximum atomic E-state index is 12.0. The van der Waals surface area contributed by atoms with Crippen molar-refractivity contribution in [3.63, 3.8) is 0 Å². The van der Waals surface area contributed by atoms with Gasteiger partial charge in [0.25, 0.3) is 0 Å². The standard InChI is InChI=1S/C30H62NO8P/c1-5-6-7-8-9-10-11-12-13-14-15-16-17-18-19-20-21-22-23-24-30(32)36-27-29(39-33)28-38-40(34,35)37-26-25-31(2,3)4/h29H,5-28H2,1-4H3,(H-,33,34,35)/p+1. The zero-order valence-corrected chi connectivity index (χ0v) is 27.2. The summed E-state index contributed by atoms with van der Waals surface area (Å²) in [5.41, 5.74) is 0. The van der Waals surface area contributed by atoms with Gasteiger partial charge in [0.15, 0.2) is 6.10 Å². The molecule has 0 saturated heterocycles. The molecule has 0 amide bonds. The summed E-state index contributed by atoms with van der Waals surface area (Å²) < 4.78 is 27.3. The van der Waals surface area contributed by atoms with Crippen LogP contribution in [0.15, 0.2) is 0 Å². The molecular formula is C30H63NO8P+. The molecule has 0 aliphatic rings. The first-order chi connectivity index (χ1) is 19.1. The Labute approximate surface area is 245 Å². The van der Waals surface area contributed by atoms with E-state index in [0.717, 1.165) is 19.3 Å². The molecule has 0 spiro atoms. The highest BCUT2D eigenvalue weighted by atomic mass is 31.2. The molecule has 9 nitrogen and oxygen atoms in total. The molecule has 0 aliphatic heterocycles. The molecular weight excluding hydrogens is 533 g/mol. The summed E-state index contributed by atoms with van der Waals surface area (Å²) in [5, 5.41) is 8.98. The van der Waals surface area contributed by atoms with Crippen LogP contribution < -0.4 is 0 Å². The third-order valence-corrected chi connectivity index (χ3v) is 7.99. The topological polar surface area (TPSA) is 112 Å². The first-order valence-electron chi connectivity index (χ1n) is 16.0. The van der Waals surface area contributed by atoms with Gasteiger partial charge in [-0.15, -0.1) is 0 Å². The number of esters is 1. The molecule has 0 aromatic rings. The second-order valence-electron chi connectivity index (χ2n) is 12.1. The first-order valence-corrected chi connectivity index (χ1v) is 17.5. The lowest BCUT2D eigenvalue weighted by Crippen LogP contribution is -2.37. The predicted octanol–water partition coefficient (Wildman–Crippen LogP) is 8.05. The molecule has 2 unspecified atom stereocenters. The molecule has 40 heavy (non-hydrogen) atoms. The van der Waals surface area contributed by atoms with Gasteiger partial charge in [0.1, 0.15) is 19.8 Å². The number of nitrogens with zero attached hydrogens (tertiary/aromatic N) is 1. The summed E-state index contributed by atoms with van der Waals surface area (Å²) >= 11 is 0. The van der Waals surface area contributed by atoms with E-state index < -0.39 is 20.5 Å². The van der Waals surface area contributed by atoms with Crippen molar-refractivity contribution in [3.05, 3.63) is 0 Å². The van der Waals surface area contributed by atoms with Gasteiger partial charge in [-0.25, -0.2) is 9.45 Å². The lowest BCUT2D eigenvalue weighted by molar-refractivity contribution is -0.870. The van der Waals surface area contributed by atoms with E-state index >= 15 is 0 Å². The largest absolute Gasteiger partial charge is 0.472 e. The van der Waals surface area contributed by atoms with Gasteiger partial charge in [0.05, 0.1) is 27.7 Å². The molecule has 0 aromatic carbocycles. The van der Waals surface area contributed by atoms with E-state index in [1.54, 1.807) is 0 Å². The highest BCUT2D eigenvalue weighted by Crippen LogP contribution is 2.43. The van der Waals surface area contributed by atoms with Gasteiger partial charge < -0.3 is 14.1 Å². The minimum atomic E-state index is -4.28. The van der Waals surface area contributed by atoms with E-state index in [-0.39, 0.29) is 19.2 Å². The molecule has 240 valence electrons. The maximum absolute atomic E-state index is 12.0. The molecule has 0 aliphatic carbocycles. The van der Waals surface area contributed by atoms with Crippen LogP contribution in [0.3, 0.4) is 0 Å². The zero-order chi connectivity index (χ0) is 30.0. The number of unbranched alkanes of at least 4 members (excludes halogenated alkanes) is 18. The fraction of sp³-hybridized carbons (Fsp3) is 0.967. The van der Waals surface area contributed by atoms with Crippen LogP contribution in [0.1, 0.15) is 135 Å². The summed E-state index contributed by atoms with van der Waals surface area (Å²) in [6, 6.07) is 0. The van der Waals surface area contributed by atoms with Crippen molar-refractivity contribution >= 4 is 13.8 Å². The van der Waals surface area contributed by atoms with Crippen molar-refractivity contribution in [2.75, 3.05) is 47.5 Å². The minimum absolute atomic E-state index is 0.0380. The predicted molar refractivity (Wildman–Crippen MR) is 161 cm³/mol. The van der Waals surface area contributed by atoms with Crippen LogP contribution in [-0.4, -0.2) is 74.2 Å². The number of quaternary nitrogens is 1.